The van der Waals surface area contributed by atoms with Gasteiger partial charge in [-0.15, -0.1) is 0 Å². The van der Waals surface area contributed by atoms with Crippen LogP contribution in [-0.4, -0.2) is 12.2 Å². The van der Waals surface area contributed by atoms with Crippen LogP contribution < -0.4 is 5.73 Å². The standard InChI is InChI=1S/C16H20ClNO2/c1-2-19-16(8-3-4-9-16)15(18)13-10-11-6-5-7-12(17)14(11)20-13/h5-7,10,15H,2-4,8-9,18H2,1H3. The summed E-state index contributed by atoms with van der Waals surface area (Å²) in [6.07, 6.45) is 4.31. The summed E-state index contributed by atoms with van der Waals surface area (Å²) < 4.78 is 11.9. The molecule has 0 saturated heterocycles. The van der Waals surface area contributed by atoms with E-state index in [0.717, 1.165) is 36.8 Å². The molecule has 1 atom stereocenters. The van der Waals surface area contributed by atoms with Crippen LogP contribution in [-0.2, 0) is 4.74 Å². The quantitative estimate of drug-likeness (QED) is 0.907. The summed E-state index contributed by atoms with van der Waals surface area (Å²) in [5.41, 5.74) is 6.90. The second kappa shape index (κ2) is 5.40. The van der Waals surface area contributed by atoms with Crippen LogP contribution in [0.25, 0.3) is 11.0 Å². The van der Waals surface area contributed by atoms with Gasteiger partial charge >= 0.3 is 0 Å². The van der Waals surface area contributed by atoms with Crippen molar-refractivity contribution in [2.45, 2.75) is 44.2 Å². The molecule has 108 valence electrons. The Bertz CT molecular complexity index is 602. The van der Waals surface area contributed by atoms with E-state index in [-0.39, 0.29) is 11.6 Å². The smallest absolute Gasteiger partial charge is 0.152 e. The lowest BCUT2D eigenvalue weighted by atomic mass is 9.90. The van der Waals surface area contributed by atoms with Gasteiger partial charge in [-0.25, -0.2) is 0 Å². The molecular formula is C16H20ClNO2. The lowest BCUT2D eigenvalue weighted by molar-refractivity contribution is -0.0574. The van der Waals surface area contributed by atoms with Crippen LogP contribution in [0.5, 0.6) is 0 Å². The fourth-order valence-corrected chi connectivity index (χ4v) is 3.49. The molecule has 1 unspecified atom stereocenters. The average molecular weight is 294 g/mol. The zero-order valence-corrected chi connectivity index (χ0v) is 12.5. The van der Waals surface area contributed by atoms with Gasteiger partial charge in [-0.3, -0.25) is 0 Å². The van der Waals surface area contributed by atoms with Crippen molar-refractivity contribution in [2.24, 2.45) is 5.73 Å². The van der Waals surface area contributed by atoms with E-state index in [4.69, 9.17) is 26.5 Å². The molecule has 1 aliphatic rings. The van der Waals surface area contributed by atoms with E-state index in [1.807, 2.05) is 31.2 Å². The van der Waals surface area contributed by atoms with Gasteiger partial charge in [0.15, 0.2) is 5.58 Å². The molecule has 1 fully saturated rings. The molecule has 4 heteroatoms. The molecule has 0 bridgehead atoms. The first-order valence-corrected chi connectivity index (χ1v) is 7.61. The summed E-state index contributed by atoms with van der Waals surface area (Å²) in [6.45, 7) is 2.69. The maximum atomic E-state index is 6.47. The Morgan fingerprint density at radius 1 is 1.40 bits per heavy atom. The van der Waals surface area contributed by atoms with Crippen LogP contribution >= 0.6 is 11.6 Å². The van der Waals surface area contributed by atoms with E-state index < -0.39 is 0 Å². The molecule has 1 aromatic carbocycles. The van der Waals surface area contributed by atoms with E-state index in [9.17, 15) is 0 Å². The summed E-state index contributed by atoms with van der Waals surface area (Å²) in [6, 6.07) is 7.49. The van der Waals surface area contributed by atoms with E-state index in [1.165, 1.54) is 0 Å². The van der Waals surface area contributed by atoms with Crippen molar-refractivity contribution < 1.29 is 9.15 Å². The first kappa shape index (κ1) is 13.9. The molecule has 1 aliphatic carbocycles. The molecule has 1 saturated carbocycles. The third-order valence-corrected chi connectivity index (χ3v) is 4.57. The third-order valence-electron chi connectivity index (χ3n) is 4.27. The number of nitrogens with two attached hydrogens (primary N) is 1. The predicted molar refractivity (Wildman–Crippen MR) is 81.0 cm³/mol. The second-order valence-corrected chi connectivity index (χ2v) is 5.90. The number of hydrogen-bond acceptors (Lipinski definition) is 3. The van der Waals surface area contributed by atoms with Crippen LogP contribution in [0.15, 0.2) is 28.7 Å². The fourth-order valence-electron chi connectivity index (χ4n) is 3.27. The summed E-state index contributed by atoms with van der Waals surface area (Å²) in [5.74, 6) is 0.767. The zero-order valence-electron chi connectivity index (χ0n) is 11.7. The first-order valence-electron chi connectivity index (χ1n) is 7.24. The van der Waals surface area contributed by atoms with Gasteiger partial charge in [-0.05, 0) is 31.9 Å². The molecule has 0 amide bonds. The van der Waals surface area contributed by atoms with Gasteiger partial charge in [0.25, 0.3) is 0 Å². The van der Waals surface area contributed by atoms with Gasteiger partial charge < -0.3 is 14.9 Å². The Kier molecular flexibility index (Phi) is 3.76. The minimum atomic E-state index is -0.283. The van der Waals surface area contributed by atoms with Crippen molar-refractivity contribution >= 4 is 22.6 Å². The molecule has 3 nitrogen and oxygen atoms in total. The van der Waals surface area contributed by atoms with E-state index >= 15 is 0 Å². The van der Waals surface area contributed by atoms with Crippen molar-refractivity contribution in [3.8, 4) is 0 Å². The number of ether oxygens (including phenoxy) is 1. The zero-order chi connectivity index (χ0) is 14.2. The van der Waals surface area contributed by atoms with Crippen molar-refractivity contribution in [3.05, 3.63) is 35.0 Å². The monoisotopic (exact) mass is 293 g/mol. The highest BCUT2D eigenvalue weighted by Gasteiger charge is 2.42. The maximum absolute atomic E-state index is 6.47. The highest BCUT2D eigenvalue weighted by molar-refractivity contribution is 6.34. The van der Waals surface area contributed by atoms with Gasteiger partial charge in [0, 0.05) is 12.0 Å². The van der Waals surface area contributed by atoms with Crippen LogP contribution in [0.4, 0.5) is 0 Å². The topological polar surface area (TPSA) is 48.4 Å². The van der Waals surface area contributed by atoms with Crippen LogP contribution in [0, 0.1) is 0 Å². The number of hydrogen-bond donors (Lipinski definition) is 1. The predicted octanol–water partition coefficient (Wildman–Crippen LogP) is 4.44. The highest BCUT2D eigenvalue weighted by Crippen LogP contribution is 2.43. The molecule has 1 heterocycles. The lowest BCUT2D eigenvalue weighted by Crippen LogP contribution is -2.41. The lowest BCUT2D eigenvalue weighted by Gasteiger charge is -2.33. The Labute approximate surface area is 124 Å². The van der Waals surface area contributed by atoms with Crippen LogP contribution in [0.2, 0.25) is 5.02 Å². The molecule has 2 aromatic rings. The SMILES string of the molecule is CCOC1(C(N)c2cc3cccc(Cl)c3o2)CCCC1. The minimum absolute atomic E-state index is 0.242. The number of para-hydroxylation sites is 1. The Morgan fingerprint density at radius 3 is 2.80 bits per heavy atom. The summed E-state index contributed by atoms with van der Waals surface area (Å²) in [7, 11) is 0. The van der Waals surface area contributed by atoms with Crippen LogP contribution in [0.3, 0.4) is 0 Å². The largest absolute Gasteiger partial charge is 0.458 e. The Hall–Kier alpha value is -1.03. The molecule has 2 N–H and O–H groups in total. The normalized spacial score (nSPS) is 19.6. The van der Waals surface area contributed by atoms with E-state index in [2.05, 4.69) is 0 Å². The molecule has 3 rings (SSSR count). The minimum Gasteiger partial charge on any atom is -0.458 e. The van der Waals surface area contributed by atoms with Gasteiger partial charge in [0.1, 0.15) is 5.76 Å². The molecule has 0 aliphatic heterocycles. The summed E-state index contributed by atoms with van der Waals surface area (Å²) in [5, 5.41) is 1.62. The van der Waals surface area contributed by atoms with Crippen molar-refractivity contribution in [1.29, 1.82) is 0 Å². The molecule has 1 aromatic heterocycles. The Morgan fingerprint density at radius 2 is 2.15 bits per heavy atom. The first-order chi connectivity index (χ1) is 9.66. The highest BCUT2D eigenvalue weighted by atomic mass is 35.5. The number of halogens is 1. The Balaban J connectivity index is 1.98. The second-order valence-electron chi connectivity index (χ2n) is 5.49. The number of rotatable bonds is 4. The van der Waals surface area contributed by atoms with E-state index in [1.54, 1.807) is 0 Å². The number of benzene rings is 1. The maximum Gasteiger partial charge on any atom is 0.152 e. The average Bonchev–Trinajstić information content (AvgIpc) is 3.06. The van der Waals surface area contributed by atoms with Crippen LogP contribution in [0.1, 0.15) is 44.4 Å². The van der Waals surface area contributed by atoms with E-state index in [0.29, 0.717) is 17.2 Å². The van der Waals surface area contributed by atoms with Gasteiger partial charge in [0.2, 0.25) is 0 Å². The third kappa shape index (κ3) is 2.24. The number of fused-ring (bicyclic) bond motifs is 1. The van der Waals surface area contributed by atoms with Crippen molar-refractivity contribution in [1.82, 2.24) is 0 Å². The molecule has 20 heavy (non-hydrogen) atoms. The fraction of sp³-hybridized carbons (Fsp3) is 0.500. The van der Waals surface area contributed by atoms with Crippen molar-refractivity contribution in [3.63, 3.8) is 0 Å². The van der Waals surface area contributed by atoms with Gasteiger partial charge in [-0.2, -0.15) is 0 Å². The molecular weight excluding hydrogens is 274 g/mol. The number of furan rings is 1. The van der Waals surface area contributed by atoms with Gasteiger partial charge in [-0.1, -0.05) is 36.6 Å². The summed E-state index contributed by atoms with van der Waals surface area (Å²) in [4.78, 5) is 0. The van der Waals surface area contributed by atoms with Crippen molar-refractivity contribution in [2.75, 3.05) is 6.61 Å². The summed E-state index contributed by atoms with van der Waals surface area (Å²) >= 11 is 6.16. The molecule has 0 radical (unpaired) electrons. The molecule has 0 spiro atoms. The van der Waals surface area contributed by atoms with Gasteiger partial charge in [0.05, 0.1) is 16.7 Å².